The van der Waals surface area contributed by atoms with E-state index in [1.807, 2.05) is 0 Å². The summed E-state index contributed by atoms with van der Waals surface area (Å²) >= 11 is 0. The predicted octanol–water partition coefficient (Wildman–Crippen LogP) is 2.10. The van der Waals surface area contributed by atoms with Crippen molar-refractivity contribution in [1.29, 1.82) is 5.26 Å². The van der Waals surface area contributed by atoms with Crippen molar-refractivity contribution in [3.63, 3.8) is 0 Å². The van der Waals surface area contributed by atoms with Gasteiger partial charge in [-0.2, -0.15) is 5.26 Å². The molecular formula is C16H23N3. The van der Waals surface area contributed by atoms with Crippen LogP contribution in [0.5, 0.6) is 0 Å². The van der Waals surface area contributed by atoms with Crippen molar-refractivity contribution >= 4 is 0 Å². The van der Waals surface area contributed by atoms with Gasteiger partial charge in [-0.1, -0.05) is 31.2 Å². The standard InChI is InChI=1S/C16H23N3/c1-3-14-4-6-15(7-5-14)16(12-17)13-19-10-8-18(2)9-11-19/h4-7,16H,3,8-11,13H2,1-2H3. The number of likely N-dealkylation sites (N-methyl/N-ethyl adjacent to an activating group) is 1. The Morgan fingerprint density at radius 2 is 1.79 bits per heavy atom. The van der Waals surface area contributed by atoms with Gasteiger partial charge in [0, 0.05) is 32.7 Å². The lowest BCUT2D eigenvalue weighted by Crippen LogP contribution is -2.45. The largest absolute Gasteiger partial charge is 0.304 e. The number of rotatable bonds is 4. The molecule has 102 valence electrons. The van der Waals surface area contributed by atoms with E-state index in [-0.39, 0.29) is 5.92 Å². The molecule has 0 bridgehead atoms. The van der Waals surface area contributed by atoms with E-state index >= 15 is 0 Å². The maximum Gasteiger partial charge on any atom is 0.0839 e. The topological polar surface area (TPSA) is 30.3 Å². The van der Waals surface area contributed by atoms with E-state index < -0.39 is 0 Å². The van der Waals surface area contributed by atoms with Crippen LogP contribution in [0.1, 0.15) is 24.0 Å². The molecule has 0 aromatic heterocycles. The summed E-state index contributed by atoms with van der Waals surface area (Å²) < 4.78 is 0. The molecule has 1 aromatic rings. The second-order valence-electron chi connectivity index (χ2n) is 5.38. The normalized spacial score (nSPS) is 19.0. The summed E-state index contributed by atoms with van der Waals surface area (Å²) in [5.74, 6) is -0.00527. The van der Waals surface area contributed by atoms with Gasteiger partial charge in [-0.25, -0.2) is 0 Å². The smallest absolute Gasteiger partial charge is 0.0839 e. The SMILES string of the molecule is CCc1ccc(C(C#N)CN2CCN(C)CC2)cc1. The predicted molar refractivity (Wildman–Crippen MR) is 78.1 cm³/mol. The number of hydrogen-bond donors (Lipinski definition) is 0. The van der Waals surface area contributed by atoms with Crippen LogP contribution < -0.4 is 0 Å². The fourth-order valence-corrected chi connectivity index (χ4v) is 2.50. The Hall–Kier alpha value is -1.37. The third-order valence-electron chi connectivity index (χ3n) is 3.98. The molecule has 0 N–H and O–H groups in total. The number of benzene rings is 1. The van der Waals surface area contributed by atoms with Gasteiger partial charge in [0.1, 0.15) is 0 Å². The van der Waals surface area contributed by atoms with Crippen molar-refractivity contribution in [2.45, 2.75) is 19.3 Å². The summed E-state index contributed by atoms with van der Waals surface area (Å²) in [5.41, 5.74) is 2.48. The van der Waals surface area contributed by atoms with Crippen molar-refractivity contribution in [1.82, 2.24) is 9.80 Å². The van der Waals surface area contributed by atoms with Crippen LogP contribution in [-0.2, 0) is 6.42 Å². The quantitative estimate of drug-likeness (QED) is 0.827. The van der Waals surface area contributed by atoms with E-state index in [0.717, 1.165) is 44.7 Å². The lowest BCUT2D eigenvalue weighted by Gasteiger charge is -2.33. The van der Waals surface area contributed by atoms with Crippen LogP contribution in [0.2, 0.25) is 0 Å². The Balaban J connectivity index is 1.97. The molecule has 1 aromatic carbocycles. The summed E-state index contributed by atoms with van der Waals surface area (Å²) in [7, 11) is 2.16. The minimum Gasteiger partial charge on any atom is -0.304 e. The van der Waals surface area contributed by atoms with Crippen molar-refractivity contribution in [3.8, 4) is 6.07 Å². The zero-order valence-corrected chi connectivity index (χ0v) is 12.0. The molecule has 1 aliphatic rings. The molecule has 2 rings (SSSR count). The Bertz CT molecular complexity index is 424. The summed E-state index contributed by atoms with van der Waals surface area (Å²) in [5, 5.41) is 9.40. The molecule has 3 heteroatoms. The third-order valence-corrected chi connectivity index (χ3v) is 3.98. The highest BCUT2D eigenvalue weighted by Crippen LogP contribution is 2.18. The van der Waals surface area contributed by atoms with E-state index in [1.165, 1.54) is 5.56 Å². The third kappa shape index (κ3) is 3.79. The number of nitrogens with zero attached hydrogens (tertiary/aromatic N) is 3. The van der Waals surface area contributed by atoms with Gasteiger partial charge in [0.2, 0.25) is 0 Å². The summed E-state index contributed by atoms with van der Waals surface area (Å²) in [6, 6.07) is 11.0. The molecule has 1 aliphatic heterocycles. The molecule has 1 fully saturated rings. The van der Waals surface area contributed by atoms with Gasteiger partial charge in [-0.05, 0) is 24.6 Å². The van der Waals surface area contributed by atoms with Crippen LogP contribution in [0, 0.1) is 11.3 Å². The average Bonchev–Trinajstić information content (AvgIpc) is 2.47. The highest BCUT2D eigenvalue weighted by Gasteiger charge is 2.19. The average molecular weight is 257 g/mol. The summed E-state index contributed by atoms with van der Waals surface area (Å²) in [6.45, 7) is 7.36. The van der Waals surface area contributed by atoms with Crippen LogP contribution in [0.3, 0.4) is 0 Å². The second-order valence-corrected chi connectivity index (χ2v) is 5.38. The van der Waals surface area contributed by atoms with E-state index in [1.54, 1.807) is 0 Å². The first-order chi connectivity index (χ1) is 9.22. The van der Waals surface area contributed by atoms with E-state index in [2.05, 4.69) is 54.1 Å². The Labute approximate surface area is 116 Å². The monoisotopic (exact) mass is 257 g/mol. The van der Waals surface area contributed by atoms with Crippen LogP contribution in [-0.4, -0.2) is 49.6 Å². The fourth-order valence-electron chi connectivity index (χ4n) is 2.50. The second kappa shape index (κ2) is 6.70. The lowest BCUT2D eigenvalue weighted by atomic mass is 9.98. The van der Waals surface area contributed by atoms with Crippen molar-refractivity contribution in [3.05, 3.63) is 35.4 Å². The molecular weight excluding hydrogens is 234 g/mol. The Kier molecular flexibility index (Phi) is 4.95. The molecule has 0 amide bonds. The van der Waals surface area contributed by atoms with Gasteiger partial charge < -0.3 is 4.90 Å². The zero-order valence-electron chi connectivity index (χ0n) is 12.0. The van der Waals surface area contributed by atoms with Crippen LogP contribution in [0.15, 0.2) is 24.3 Å². The number of aryl methyl sites for hydroxylation is 1. The minimum atomic E-state index is -0.00527. The lowest BCUT2D eigenvalue weighted by molar-refractivity contribution is 0.152. The van der Waals surface area contributed by atoms with Gasteiger partial charge in [0.15, 0.2) is 0 Å². The number of hydrogen-bond acceptors (Lipinski definition) is 3. The highest BCUT2D eigenvalue weighted by atomic mass is 15.2. The van der Waals surface area contributed by atoms with Gasteiger partial charge in [-0.15, -0.1) is 0 Å². The van der Waals surface area contributed by atoms with Crippen molar-refractivity contribution in [2.75, 3.05) is 39.8 Å². The van der Waals surface area contributed by atoms with Gasteiger partial charge >= 0.3 is 0 Å². The van der Waals surface area contributed by atoms with Crippen LogP contribution in [0.25, 0.3) is 0 Å². The molecule has 1 saturated heterocycles. The van der Waals surface area contributed by atoms with Gasteiger partial charge in [-0.3, -0.25) is 4.90 Å². The Morgan fingerprint density at radius 3 is 2.32 bits per heavy atom. The molecule has 3 nitrogen and oxygen atoms in total. The molecule has 19 heavy (non-hydrogen) atoms. The number of piperazine rings is 1. The first-order valence-electron chi connectivity index (χ1n) is 7.12. The Morgan fingerprint density at radius 1 is 1.16 bits per heavy atom. The molecule has 1 unspecified atom stereocenters. The molecule has 0 aliphatic carbocycles. The minimum absolute atomic E-state index is 0.00527. The maximum atomic E-state index is 9.40. The zero-order chi connectivity index (χ0) is 13.7. The van der Waals surface area contributed by atoms with Crippen molar-refractivity contribution in [2.24, 2.45) is 0 Å². The molecule has 1 atom stereocenters. The van der Waals surface area contributed by atoms with Gasteiger partial charge in [0.05, 0.1) is 12.0 Å². The van der Waals surface area contributed by atoms with Crippen LogP contribution >= 0.6 is 0 Å². The van der Waals surface area contributed by atoms with E-state index in [4.69, 9.17) is 0 Å². The highest BCUT2D eigenvalue weighted by molar-refractivity contribution is 5.29. The molecule has 0 saturated carbocycles. The van der Waals surface area contributed by atoms with Crippen LogP contribution in [0.4, 0.5) is 0 Å². The van der Waals surface area contributed by atoms with Crippen molar-refractivity contribution < 1.29 is 0 Å². The summed E-state index contributed by atoms with van der Waals surface area (Å²) in [6.07, 6.45) is 1.05. The first-order valence-corrected chi connectivity index (χ1v) is 7.12. The molecule has 1 heterocycles. The fraction of sp³-hybridized carbons (Fsp3) is 0.562. The van der Waals surface area contributed by atoms with E-state index in [9.17, 15) is 5.26 Å². The molecule has 0 spiro atoms. The summed E-state index contributed by atoms with van der Waals surface area (Å²) in [4.78, 5) is 4.75. The number of nitriles is 1. The maximum absolute atomic E-state index is 9.40. The van der Waals surface area contributed by atoms with E-state index in [0.29, 0.717) is 0 Å². The van der Waals surface area contributed by atoms with Gasteiger partial charge in [0.25, 0.3) is 0 Å². The molecule has 0 radical (unpaired) electrons. The first kappa shape index (κ1) is 14.0.